The Hall–Kier alpha value is -0.170. The molecule has 1 aromatic rings. The van der Waals surface area contributed by atoms with E-state index >= 15 is 0 Å². The Balaban J connectivity index is 2.89. The van der Waals surface area contributed by atoms with Gasteiger partial charge in [0.2, 0.25) is 5.16 Å². The molecule has 1 rings (SSSR count). The third-order valence-corrected chi connectivity index (χ3v) is 2.59. The summed E-state index contributed by atoms with van der Waals surface area (Å²) in [5.74, 6) is -0.257. The Morgan fingerprint density at radius 2 is 2.07 bits per heavy atom. The summed E-state index contributed by atoms with van der Waals surface area (Å²) in [7, 11) is 0. The van der Waals surface area contributed by atoms with Gasteiger partial charge in [-0.25, -0.2) is 4.68 Å². The van der Waals surface area contributed by atoms with Crippen LogP contribution >= 0.6 is 46.6 Å². The zero-order chi connectivity index (χ0) is 11.6. The molecule has 0 radical (unpaired) electrons. The van der Waals surface area contributed by atoms with Crippen molar-refractivity contribution in [1.82, 2.24) is 14.9 Å². The van der Waals surface area contributed by atoms with E-state index in [4.69, 9.17) is 34.8 Å². The van der Waals surface area contributed by atoms with Gasteiger partial charge in [-0.1, -0.05) is 46.6 Å². The van der Waals surface area contributed by atoms with Gasteiger partial charge in [0.05, 0.1) is 0 Å². The van der Waals surface area contributed by atoms with E-state index in [1.54, 1.807) is 13.2 Å². The predicted octanol–water partition coefficient (Wildman–Crippen LogP) is 1.75. The van der Waals surface area contributed by atoms with Gasteiger partial charge in [0.1, 0.15) is 5.82 Å². The third kappa shape index (κ3) is 3.14. The predicted molar refractivity (Wildman–Crippen MR) is 61.2 cm³/mol. The summed E-state index contributed by atoms with van der Waals surface area (Å²) in [4.78, 5) is 11.4. The minimum Gasteiger partial charge on any atom is -0.268 e. The number of nitrogens with zero attached hydrogens (tertiary/aromatic N) is 3. The molecule has 1 heterocycles. The highest BCUT2D eigenvalue weighted by atomic mass is 35.6. The van der Waals surface area contributed by atoms with E-state index in [-0.39, 0.29) is 0 Å². The molecule has 0 atom stereocenters. The van der Waals surface area contributed by atoms with Crippen LogP contribution in [0.3, 0.4) is 0 Å². The largest absolute Gasteiger partial charge is 0.291 e. The van der Waals surface area contributed by atoms with Gasteiger partial charge in [-0.05, 0) is 13.2 Å². The smallest absolute Gasteiger partial charge is 0.268 e. The maximum absolute atomic E-state index is 11.4. The normalized spacial score (nSPS) is 11.5. The molecule has 0 spiro atoms. The van der Waals surface area contributed by atoms with E-state index in [2.05, 4.69) is 15.6 Å². The Bertz CT molecular complexity index is 375. The highest BCUT2D eigenvalue weighted by molar-refractivity contribution is 7.98. The van der Waals surface area contributed by atoms with Gasteiger partial charge in [0.15, 0.2) is 0 Å². The first kappa shape index (κ1) is 12.9. The zero-order valence-electron chi connectivity index (χ0n) is 7.79. The average molecular weight is 290 g/mol. The second-order valence-corrected chi connectivity index (χ2v) is 5.56. The summed E-state index contributed by atoms with van der Waals surface area (Å²) >= 11 is 17.5. The van der Waals surface area contributed by atoms with Crippen LogP contribution in [-0.2, 0) is 4.79 Å². The van der Waals surface area contributed by atoms with Crippen molar-refractivity contribution in [1.29, 1.82) is 0 Å². The summed E-state index contributed by atoms with van der Waals surface area (Å²) in [5.41, 5.74) is 2.39. The van der Waals surface area contributed by atoms with Gasteiger partial charge in [0.25, 0.3) is 9.70 Å². The number of alkyl halides is 3. The second kappa shape index (κ2) is 4.78. The Morgan fingerprint density at radius 3 is 2.53 bits per heavy atom. The fourth-order valence-corrected chi connectivity index (χ4v) is 1.38. The number of thioether (sulfide) groups is 1. The number of aryl methyl sites for hydroxylation is 1. The number of carbonyl (C=O) groups is 1. The first-order valence-corrected chi connectivity index (χ1v) is 6.06. The minimum atomic E-state index is -2.01. The lowest BCUT2D eigenvalue weighted by molar-refractivity contribution is -0.116. The molecule has 0 aliphatic carbocycles. The van der Waals surface area contributed by atoms with Crippen LogP contribution in [0, 0.1) is 6.92 Å². The van der Waals surface area contributed by atoms with E-state index in [0.29, 0.717) is 11.0 Å². The van der Waals surface area contributed by atoms with E-state index < -0.39 is 9.70 Å². The van der Waals surface area contributed by atoms with Gasteiger partial charge in [-0.3, -0.25) is 10.2 Å². The zero-order valence-corrected chi connectivity index (χ0v) is 10.9. The first-order chi connectivity index (χ1) is 6.86. The molecule has 9 heteroatoms. The summed E-state index contributed by atoms with van der Waals surface area (Å²) < 4.78 is -0.652. The number of carbonyl (C=O) groups excluding carboxylic acids is 1. The quantitative estimate of drug-likeness (QED) is 0.665. The van der Waals surface area contributed by atoms with Crippen LogP contribution in [-0.4, -0.2) is 30.8 Å². The molecule has 1 aromatic heterocycles. The molecular weight excluding hydrogens is 283 g/mol. The summed E-state index contributed by atoms with van der Waals surface area (Å²) in [6.07, 6.45) is 1.79. The second-order valence-electron chi connectivity index (χ2n) is 2.51. The van der Waals surface area contributed by atoms with Crippen LogP contribution in [0.15, 0.2) is 5.16 Å². The summed E-state index contributed by atoms with van der Waals surface area (Å²) in [6, 6.07) is 0. The Labute approximate surface area is 105 Å². The van der Waals surface area contributed by atoms with E-state index in [1.807, 2.05) is 0 Å². The van der Waals surface area contributed by atoms with Crippen LogP contribution in [0.5, 0.6) is 0 Å². The molecule has 0 aliphatic heterocycles. The lowest BCUT2D eigenvalue weighted by Crippen LogP contribution is -2.34. The van der Waals surface area contributed by atoms with Crippen molar-refractivity contribution in [2.45, 2.75) is 15.9 Å². The van der Waals surface area contributed by atoms with Crippen molar-refractivity contribution in [2.75, 3.05) is 11.7 Å². The topological polar surface area (TPSA) is 59.8 Å². The summed E-state index contributed by atoms with van der Waals surface area (Å²) in [6.45, 7) is 1.67. The molecule has 0 aliphatic rings. The lowest BCUT2D eigenvalue weighted by atomic mass is 10.7. The van der Waals surface area contributed by atoms with Gasteiger partial charge in [0, 0.05) is 0 Å². The Kier molecular flexibility index (Phi) is 4.11. The molecule has 0 unspecified atom stereocenters. The van der Waals surface area contributed by atoms with Crippen molar-refractivity contribution in [3.05, 3.63) is 5.82 Å². The van der Waals surface area contributed by atoms with Crippen LogP contribution in [0.2, 0.25) is 0 Å². The van der Waals surface area contributed by atoms with Gasteiger partial charge in [-0.15, -0.1) is 10.2 Å². The number of nitrogens with one attached hydrogen (secondary N) is 1. The molecule has 0 fully saturated rings. The number of rotatable bonds is 2. The molecule has 0 aromatic carbocycles. The van der Waals surface area contributed by atoms with Crippen LogP contribution in [0.25, 0.3) is 0 Å². The van der Waals surface area contributed by atoms with Crippen molar-refractivity contribution >= 4 is 52.5 Å². The van der Waals surface area contributed by atoms with Gasteiger partial charge < -0.3 is 0 Å². The minimum absolute atomic E-state index is 0.502. The van der Waals surface area contributed by atoms with Crippen molar-refractivity contribution in [3.8, 4) is 0 Å². The highest BCUT2D eigenvalue weighted by Gasteiger charge is 2.31. The molecule has 84 valence electrons. The van der Waals surface area contributed by atoms with Gasteiger partial charge >= 0.3 is 0 Å². The fraction of sp³-hybridized carbons (Fsp3) is 0.500. The molecule has 1 N–H and O–H groups in total. The fourth-order valence-electron chi connectivity index (χ4n) is 0.769. The van der Waals surface area contributed by atoms with Crippen molar-refractivity contribution < 1.29 is 4.79 Å². The Morgan fingerprint density at radius 1 is 1.47 bits per heavy atom. The standard InChI is InChI=1S/C6H7Cl3N4OS/c1-3-10-11-5(15-2)13(3)12-4(14)6(7,8)9/h1-2H3,(H,12,14). The van der Waals surface area contributed by atoms with E-state index in [9.17, 15) is 4.79 Å². The maximum Gasteiger partial charge on any atom is 0.291 e. The molecule has 1 amide bonds. The molecule has 0 saturated heterocycles. The molecule has 5 nitrogen and oxygen atoms in total. The SMILES string of the molecule is CSc1nnc(C)n1NC(=O)C(Cl)(Cl)Cl. The van der Waals surface area contributed by atoms with Crippen molar-refractivity contribution in [3.63, 3.8) is 0 Å². The highest BCUT2D eigenvalue weighted by Crippen LogP contribution is 2.26. The number of hydrogen-bond donors (Lipinski definition) is 1. The van der Waals surface area contributed by atoms with E-state index in [1.165, 1.54) is 16.4 Å². The lowest BCUT2D eigenvalue weighted by Gasteiger charge is -2.13. The van der Waals surface area contributed by atoms with Crippen LogP contribution in [0.1, 0.15) is 5.82 Å². The van der Waals surface area contributed by atoms with Crippen LogP contribution < -0.4 is 5.43 Å². The van der Waals surface area contributed by atoms with Crippen LogP contribution in [0.4, 0.5) is 0 Å². The monoisotopic (exact) mass is 288 g/mol. The third-order valence-electron chi connectivity index (χ3n) is 1.45. The average Bonchev–Trinajstić information content (AvgIpc) is 2.46. The van der Waals surface area contributed by atoms with E-state index in [0.717, 1.165) is 0 Å². The number of amides is 1. The number of hydrogen-bond acceptors (Lipinski definition) is 4. The molecular formula is C6H7Cl3N4OS. The van der Waals surface area contributed by atoms with Gasteiger partial charge in [-0.2, -0.15) is 0 Å². The molecule has 0 saturated carbocycles. The first-order valence-electron chi connectivity index (χ1n) is 3.70. The van der Waals surface area contributed by atoms with Crippen molar-refractivity contribution in [2.24, 2.45) is 0 Å². The maximum atomic E-state index is 11.4. The molecule has 15 heavy (non-hydrogen) atoms. The molecule has 0 bridgehead atoms. The number of halogens is 3. The number of aromatic nitrogens is 3. The summed E-state index contributed by atoms with van der Waals surface area (Å²) in [5, 5.41) is 8.08.